The van der Waals surface area contributed by atoms with E-state index in [-0.39, 0.29) is 34.0 Å². The van der Waals surface area contributed by atoms with Crippen LogP contribution in [0.2, 0.25) is 0 Å². The summed E-state index contributed by atoms with van der Waals surface area (Å²) in [6, 6.07) is 11.2. The molecule has 1 fully saturated rings. The van der Waals surface area contributed by atoms with Gasteiger partial charge in [0.2, 0.25) is 0 Å². The van der Waals surface area contributed by atoms with Crippen molar-refractivity contribution in [3.05, 3.63) is 81.7 Å². The fourth-order valence-electron chi connectivity index (χ4n) is 3.58. The van der Waals surface area contributed by atoms with Gasteiger partial charge >= 0.3 is 0 Å². The third-order valence-electron chi connectivity index (χ3n) is 5.16. The molecule has 0 unspecified atom stereocenters. The zero-order valence-electron chi connectivity index (χ0n) is 15.7. The Morgan fingerprint density at radius 3 is 2.45 bits per heavy atom. The Hall–Kier alpha value is -3.06. The lowest BCUT2D eigenvalue weighted by Crippen LogP contribution is -2.44. The number of likely N-dealkylation sites (tertiary alicyclic amines) is 1. The lowest BCUT2D eigenvalue weighted by atomic mass is 10.0. The van der Waals surface area contributed by atoms with Crippen molar-refractivity contribution < 1.29 is 18.0 Å². The average Bonchev–Trinajstić information content (AvgIpc) is 2.70. The van der Waals surface area contributed by atoms with Crippen molar-refractivity contribution in [1.82, 2.24) is 10.2 Å². The third kappa shape index (κ3) is 4.51. The highest BCUT2D eigenvalue weighted by Gasteiger charge is 2.22. The van der Waals surface area contributed by atoms with Gasteiger partial charge in [0.1, 0.15) is 17.2 Å². The first-order chi connectivity index (χ1) is 14.0. The molecule has 0 spiro atoms. The smallest absolute Gasteiger partial charge is 0.287 e. The highest BCUT2D eigenvalue weighted by Crippen LogP contribution is 2.17. The number of benzene rings is 2. The number of halogens is 2. The molecule has 3 aromatic rings. The molecule has 7 heteroatoms. The van der Waals surface area contributed by atoms with Crippen LogP contribution in [0.3, 0.4) is 0 Å². The second-order valence-corrected chi connectivity index (χ2v) is 7.27. The zero-order valence-corrected chi connectivity index (χ0v) is 15.7. The largest absolute Gasteiger partial charge is 0.451 e. The van der Waals surface area contributed by atoms with Gasteiger partial charge < -0.3 is 9.73 Å². The highest BCUT2D eigenvalue weighted by molar-refractivity contribution is 5.93. The number of carbonyl (C=O) groups is 1. The van der Waals surface area contributed by atoms with E-state index in [2.05, 4.69) is 10.2 Å². The van der Waals surface area contributed by atoms with E-state index >= 15 is 0 Å². The highest BCUT2D eigenvalue weighted by atomic mass is 19.1. The first-order valence-corrected chi connectivity index (χ1v) is 9.49. The van der Waals surface area contributed by atoms with Crippen molar-refractivity contribution in [2.75, 3.05) is 13.1 Å². The molecule has 1 amide bonds. The summed E-state index contributed by atoms with van der Waals surface area (Å²) in [5.74, 6) is -1.39. The monoisotopic (exact) mass is 398 g/mol. The summed E-state index contributed by atoms with van der Waals surface area (Å²) in [4.78, 5) is 26.9. The Morgan fingerprint density at radius 1 is 1.03 bits per heavy atom. The third-order valence-corrected chi connectivity index (χ3v) is 5.16. The number of fused-ring (bicyclic) bond motifs is 1. The number of rotatable bonds is 4. The summed E-state index contributed by atoms with van der Waals surface area (Å²) in [7, 11) is 0. The fourth-order valence-corrected chi connectivity index (χ4v) is 3.58. The normalized spacial score (nSPS) is 15.5. The predicted molar refractivity (Wildman–Crippen MR) is 105 cm³/mol. The predicted octanol–water partition coefficient (Wildman–Crippen LogP) is 3.47. The first kappa shape index (κ1) is 19.3. The van der Waals surface area contributed by atoms with E-state index in [0.717, 1.165) is 50.2 Å². The second-order valence-electron chi connectivity index (χ2n) is 7.27. The quantitative estimate of drug-likeness (QED) is 0.731. The molecule has 2 heterocycles. The summed E-state index contributed by atoms with van der Waals surface area (Å²) in [6.07, 6.45) is 1.50. The molecule has 150 valence electrons. The van der Waals surface area contributed by atoms with Crippen LogP contribution < -0.4 is 10.7 Å². The van der Waals surface area contributed by atoms with Crippen molar-refractivity contribution in [3.8, 4) is 0 Å². The van der Waals surface area contributed by atoms with Crippen molar-refractivity contribution in [2.45, 2.75) is 25.4 Å². The molecule has 0 aliphatic carbocycles. The van der Waals surface area contributed by atoms with Gasteiger partial charge in [0.15, 0.2) is 11.2 Å². The van der Waals surface area contributed by atoms with Crippen LogP contribution in [0, 0.1) is 11.6 Å². The SMILES string of the molecule is O=C(NC1CCN(Cc2ccc(F)cc2)CC1)c1cc(=O)c2ccc(F)cc2o1. The maximum Gasteiger partial charge on any atom is 0.287 e. The summed E-state index contributed by atoms with van der Waals surface area (Å²) >= 11 is 0. The Kier molecular flexibility index (Phi) is 5.40. The Balaban J connectivity index is 1.37. The van der Waals surface area contributed by atoms with Crippen LogP contribution in [0.5, 0.6) is 0 Å². The molecule has 0 atom stereocenters. The first-order valence-electron chi connectivity index (χ1n) is 9.49. The van der Waals surface area contributed by atoms with E-state index < -0.39 is 11.7 Å². The number of hydrogen-bond donors (Lipinski definition) is 1. The van der Waals surface area contributed by atoms with E-state index in [9.17, 15) is 18.4 Å². The number of hydrogen-bond acceptors (Lipinski definition) is 4. The van der Waals surface area contributed by atoms with Gasteiger partial charge in [0.25, 0.3) is 5.91 Å². The molecule has 1 aliphatic rings. The molecular formula is C22H20F2N2O3. The van der Waals surface area contributed by atoms with Crippen LogP contribution in [0.4, 0.5) is 8.78 Å². The van der Waals surface area contributed by atoms with Gasteiger partial charge in [-0.1, -0.05) is 12.1 Å². The standard InChI is InChI=1S/C22H20F2N2O3/c23-15-3-1-14(2-4-15)13-26-9-7-17(8-10-26)25-22(28)21-12-19(27)18-6-5-16(24)11-20(18)29-21/h1-6,11-12,17H,7-10,13H2,(H,25,28). The van der Waals surface area contributed by atoms with Gasteiger partial charge in [-0.05, 0) is 42.7 Å². The molecule has 1 saturated heterocycles. The number of amides is 1. The number of piperidine rings is 1. The number of nitrogens with one attached hydrogen (secondary N) is 1. The van der Waals surface area contributed by atoms with Crippen LogP contribution in [-0.4, -0.2) is 29.9 Å². The number of carbonyl (C=O) groups excluding carboxylic acids is 1. The molecule has 1 aromatic heterocycles. The van der Waals surface area contributed by atoms with Crippen LogP contribution in [0.25, 0.3) is 11.0 Å². The van der Waals surface area contributed by atoms with Crippen molar-refractivity contribution in [1.29, 1.82) is 0 Å². The maximum absolute atomic E-state index is 13.4. The Labute approximate surface area is 165 Å². The molecule has 29 heavy (non-hydrogen) atoms. The summed E-state index contributed by atoms with van der Waals surface area (Å²) in [5, 5.41) is 3.13. The molecule has 2 aromatic carbocycles. The summed E-state index contributed by atoms with van der Waals surface area (Å²) in [5.41, 5.74) is 0.710. The topological polar surface area (TPSA) is 62.6 Å². The summed E-state index contributed by atoms with van der Waals surface area (Å²) < 4.78 is 31.9. The van der Waals surface area contributed by atoms with Crippen LogP contribution in [0.1, 0.15) is 29.0 Å². The maximum atomic E-state index is 13.4. The molecule has 1 aliphatic heterocycles. The van der Waals surface area contributed by atoms with Gasteiger partial charge in [-0.15, -0.1) is 0 Å². The van der Waals surface area contributed by atoms with Crippen LogP contribution in [-0.2, 0) is 6.54 Å². The van der Waals surface area contributed by atoms with Gasteiger partial charge in [-0.2, -0.15) is 0 Å². The molecule has 5 nitrogen and oxygen atoms in total. The molecule has 0 saturated carbocycles. The van der Waals surface area contributed by atoms with Crippen molar-refractivity contribution in [3.63, 3.8) is 0 Å². The minimum absolute atomic E-state index is 0.0412. The number of nitrogens with zero attached hydrogens (tertiary/aromatic N) is 1. The lowest BCUT2D eigenvalue weighted by Gasteiger charge is -2.32. The van der Waals surface area contributed by atoms with Gasteiger partial charge in [-0.25, -0.2) is 8.78 Å². The minimum Gasteiger partial charge on any atom is -0.451 e. The molecule has 4 rings (SSSR count). The van der Waals surface area contributed by atoms with E-state index in [1.165, 1.54) is 24.3 Å². The minimum atomic E-state index is -0.535. The van der Waals surface area contributed by atoms with Gasteiger partial charge in [0, 0.05) is 37.8 Å². The molecular weight excluding hydrogens is 378 g/mol. The molecule has 1 N–H and O–H groups in total. The van der Waals surface area contributed by atoms with Crippen molar-refractivity contribution in [2.24, 2.45) is 0 Å². The average molecular weight is 398 g/mol. The summed E-state index contributed by atoms with van der Waals surface area (Å²) in [6.45, 7) is 2.30. The van der Waals surface area contributed by atoms with Gasteiger partial charge in [-0.3, -0.25) is 14.5 Å². The van der Waals surface area contributed by atoms with E-state index in [4.69, 9.17) is 4.42 Å². The van der Waals surface area contributed by atoms with E-state index in [1.54, 1.807) is 12.1 Å². The Bertz CT molecular complexity index is 1090. The zero-order chi connectivity index (χ0) is 20.4. The molecule has 0 radical (unpaired) electrons. The fraction of sp³-hybridized carbons (Fsp3) is 0.273. The van der Waals surface area contributed by atoms with Crippen molar-refractivity contribution >= 4 is 16.9 Å². The lowest BCUT2D eigenvalue weighted by molar-refractivity contribution is 0.0881. The van der Waals surface area contributed by atoms with Crippen LogP contribution in [0.15, 0.2) is 57.7 Å². The second kappa shape index (κ2) is 8.13. The van der Waals surface area contributed by atoms with E-state index in [0.29, 0.717) is 0 Å². The Morgan fingerprint density at radius 2 is 1.72 bits per heavy atom. The molecule has 0 bridgehead atoms. The van der Waals surface area contributed by atoms with Crippen LogP contribution >= 0.6 is 0 Å². The van der Waals surface area contributed by atoms with Gasteiger partial charge in [0.05, 0.1) is 5.39 Å². The van der Waals surface area contributed by atoms with E-state index in [1.807, 2.05) is 0 Å².